The number of rotatable bonds is 3. The molecule has 0 aliphatic rings. The number of carbonyl (C=O) groups is 1. The van der Waals surface area contributed by atoms with E-state index in [1.165, 1.54) is 12.4 Å². The third kappa shape index (κ3) is 2.42. The Morgan fingerprint density at radius 1 is 1.50 bits per heavy atom. The molecule has 0 aromatic carbocycles. The smallest absolute Gasteiger partial charge is 0.272 e. The zero-order valence-electron chi connectivity index (χ0n) is 10.0. The molecule has 2 rings (SSSR count). The maximum Gasteiger partial charge on any atom is 0.272 e. The summed E-state index contributed by atoms with van der Waals surface area (Å²) in [6.45, 7) is 1.81. The summed E-state index contributed by atoms with van der Waals surface area (Å²) in [7, 11) is 1.80. The van der Waals surface area contributed by atoms with Gasteiger partial charge in [-0.1, -0.05) is 0 Å². The largest absolute Gasteiger partial charge is 0.382 e. The van der Waals surface area contributed by atoms with Gasteiger partial charge in [0.15, 0.2) is 5.82 Å². The Balaban J connectivity index is 2.10. The van der Waals surface area contributed by atoms with Gasteiger partial charge in [-0.2, -0.15) is 0 Å². The van der Waals surface area contributed by atoms with Crippen LogP contribution in [0.15, 0.2) is 18.7 Å². The zero-order valence-corrected chi connectivity index (χ0v) is 10.0. The minimum absolute atomic E-state index is 0.170. The van der Waals surface area contributed by atoms with E-state index in [2.05, 4.69) is 25.5 Å². The fourth-order valence-electron chi connectivity index (χ4n) is 1.51. The molecule has 2 aromatic heterocycles. The van der Waals surface area contributed by atoms with Gasteiger partial charge in [-0.05, 0) is 6.92 Å². The van der Waals surface area contributed by atoms with Crippen LogP contribution in [0.2, 0.25) is 0 Å². The molecule has 8 heteroatoms. The first-order valence-electron chi connectivity index (χ1n) is 5.30. The molecule has 0 aliphatic carbocycles. The first-order chi connectivity index (χ1) is 8.58. The predicted octanol–water partition coefficient (Wildman–Crippen LogP) is -0.322. The molecule has 1 amide bonds. The Bertz CT molecular complexity index is 565. The van der Waals surface area contributed by atoms with Crippen molar-refractivity contribution in [3.63, 3.8) is 0 Å². The molecule has 0 saturated carbocycles. The molecular weight excluding hydrogens is 234 g/mol. The van der Waals surface area contributed by atoms with E-state index in [0.29, 0.717) is 5.82 Å². The van der Waals surface area contributed by atoms with Crippen molar-refractivity contribution in [3.8, 4) is 0 Å². The van der Waals surface area contributed by atoms with Crippen molar-refractivity contribution in [1.29, 1.82) is 0 Å². The summed E-state index contributed by atoms with van der Waals surface area (Å²) in [6.07, 6.45) is 4.30. The molecule has 1 atom stereocenters. The van der Waals surface area contributed by atoms with Gasteiger partial charge in [0.05, 0.1) is 18.4 Å². The summed E-state index contributed by atoms with van der Waals surface area (Å²) in [5, 5.41) is 10.4. The van der Waals surface area contributed by atoms with E-state index in [4.69, 9.17) is 5.73 Å². The second-order valence-electron chi connectivity index (χ2n) is 3.82. The van der Waals surface area contributed by atoms with Crippen molar-refractivity contribution in [1.82, 2.24) is 30.0 Å². The molecule has 1 unspecified atom stereocenters. The summed E-state index contributed by atoms with van der Waals surface area (Å²) in [5.41, 5.74) is 5.64. The number of amides is 1. The van der Waals surface area contributed by atoms with E-state index in [-0.39, 0.29) is 23.5 Å². The first kappa shape index (κ1) is 12.0. The molecule has 94 valence electrons. The molecule has 0 aliphatic heterocycles. The highest BCUT2D eigenvalue weighted by molar-refractivity contribution is 5.92. The van der Waals surface area contributed by atoms with E-state index in [1.807, 2.05) is 6.92 Å². The molecular formula is C10H13N7O. The Morgan fingerprint density at radius 3 is 2.89 bits per heavy atom. The molecule has 2 heterocycles. The van der Waals surface area contributed by atoms with Crippen LogP contribution in [-0.4, -0.2) is 30.6 Å². The summed E-state index contributed by atoms with van der Waals surface area (Å²) in [5.74, 6) is 0.500. The number of hydrogen-bond acceptors (Lipinski definition) is 6. The number of nitrogens with two attached hydrogens (primary N) is 1. The minimum Gasteiger partial charge on any atom is -0.382 e. The number of nitrogens with one attached hydrogen (secondary N) is 1. The van der Waals surface area contributed by atoms with Gasteiger partial charge in [0.25, 0.3) is 5.91 Å². The van der Waals surface area contributed by atoms with Crippen molar-refractivity contribution in [2.45, 2.75) is 13.0 Å². The lowest BCUT2D eigenvalue weighted by Crippen LogP contribution is -2.29. The van der Waals surface area contributed by atoms with Crippen molar-refractivity contribution in [3.05, 3.63) is 30.2 Å². The number of aromatic nitrogens is 5. The van der Waals surface area contributed by atoms with Gasteiger partial charge in [-0.15, -0.1) is 10.2 Å². The normalized spacial score (nSPS) is 12.1. The number of nitrogen functional groups attached to an aromatic ring is 1. The van der Waals surface area contributed by atoms with Crippen molar-refractivity contribution >= 4 is 11.7 Å². The second kappa shape index (κ2) is 4.78. The standard InChI is InChI=1S/C10H13N7O/c1-6(9-16-13-5-17(9)2)14-10(18)7-3-12-4-8(11)15-7/h3-6H,1-2H3,(H2,11,15)(H,14,18). The Labute approximate surface area is 103 Å². The highest BCUT2D eigenvalue weighted by Crippen LogP contribution is 2.08. The highest BCUT2D eigenvalue weighted by Gasteiger charge is 2.16. The van der Waals surface area contributed by atoms with E-state index in [1.54, 1.807) is 17.9 Å². The van der Waals surface area contributed by atoms with Gasteiger partial charge in [0.1, 0.15) is 17.8 Å². The Kier molecular flexibility index (Phi) is 3.18. The van der Waals surface area contributed by atoms with Crippen LogP contribution >= 0.6 is 0 Å². The number of hydrogen-bond donors (Lipinski definition) is 2. The molecule has 0 spiro atoms. The van der Waals surface area contributed by atoms with Crippen molar-refractivity contribution < 1.29 is 4.79 Å². The molecule has 2 aromatic rings. The van der Waals surface area contributed by atoms with E-state index >= 15 is 0 Å². The number of nitrogens with zero attached hydrogens (tertiary/aromatic N) is 5. The molecule has 3 N–H and O–H groups in total. The van der Waals surface area contributed by atoms with Gasteiger partial charge in [-0.3, -0.25) is 9.78 Å². The lowest BCUT2D eigenvalue weighted by molar-refractivity contribution is 0.0932. The van der Waals surface area contributed by atoms with E-state index in [0.717, 1.165) is 0 Å². The van der Waals surface area contributed by atoms with Crippen LogP contribution in [0.1, 0.15) is 29.3 Å². The fourth-order valence-corrected chi connectivity index (χ4v) is 1.51. The number of carbonyl (C=O) groups excluding carboxylic acids is 1. The van der Waals surface area contributed by atoms with Crippen LogP contribution in [0.25, 0.3) is 0 Å². The number of anilines is 1. The van der Waals surface area contributed by atoms with Gasteiger partial charge >= 0.3 is 0 Å². The average Bonchev–Trinajstić information content (AvgIpc) is 2.75. The van der Waals surface area contributed by atoms with Gasteiger partial charge in [0.2, 0.25) is 0 Å². The van der Waals surface area contributed by atoms with Crippen LogP contribution in [0, 0.1) is 0 Å². The monoisotopic (exact) mass is 247 g/mol. The number of aryl methyl sites for hydroxylation is 1. The van der Waals surface area contributed by atoms with Crippen LogP contribution in [0.4, 0.5) is 5.82 Å². The lowest BCUT2D eigenvalue weighted by Gasteiger charge is -2.12. The predicted molar refractivity (Wildman–Crippen MR) is 63.3 cm³/mol. The SMILES string of the molecule is CC(NC(=O)c1cncc(N)n1)c1nncn1C. The van der Waals surface area contributed by atoms with E-state index in [9.17, 15) is 4.79 Å². The summed E-state index contributed by atoms with van der Waals surface area (Å²) >= 11 is 0. The fraction of sp³-hybridized carbons (Fsp3) is 0.300. The van der Waals surface area contributed by atoms with Gasteiger partial charge < -0.3 is 15.6 Å². The Morgan fingerprint density at radius 2 is 2.28 bits per heavy atom. The quantitative estimate of drug-likeness (QED) is 0.768. The second-order valence-corrected chi connectivity index (χ2v) is 3.82. The molecule has 0 fully saturated rings. The lowest BCUT2D eigenvalue weighted by atomic mass is 10.3. The average molecular weight is 247 g/mol. The van der Waals surface area contributed by atoms with Gasteiger partial charge in [0, 0.05) is 7.05 Å². The van der Waals surface area contributed by atoms with Crippen LogP contribution < -0.4 is 11.1 Å². The summed E-state index contributed by atoms with van der Waals surface area (Å²) in [6, 6.07) is -0.284. The van der Waals surface area contributed by atoms with Crippen LogP contribution in [-0.2, 0) is 7.05 Å². The van der Waals surface area contributed by atoms with E-state index < -0.39 is 0 Å². The zero-order chi connectivity index (χ0) is 13.1. The third-order valence-corrected chi connectivity index (χ3v) is 2.37. The Hall–Kier alpha value is -2.51. The maximum absolute atomic E-state index is 11.9. The topological polar surface area (TPSA) is 112 Å². The molecule has 0 saturated heterocycles. The summed E-state index contributed by atoms with van der Waals surface area (Å²) < 4.78 is 1.73. The molecule has 0 radical (unpaired) electrons. The van der Waals surface area contributed by atoms with Gasteiger partial charge in [-0.25, -0.2) is 4.98 Å². The summed E-state index contributed by atoms with van der Waals surface area (Å²) in [4.78, 5) is 19.6. The maximum atomic E-state index is 11.9. The molecule has 8 nitrogen and oxygen atoms in total. The van der Waals surface area contributed by atoms with Crippen molar-refractivity contribution in [2.24, 2.45) is 7.05 Å². The highest BCUT2D eigenvalue weighted by atomic mass is 16.2. The first-order valence-corrected chi connectivity index (χ1v) is 5.30. The van der Waals surface area contributed by atoms with Crippen molar-refractivity contribution in [2.75, 3.05) is 5.73 Å². The van der Waals surface area contributed by atoms with Crippen LogP contribution in [0.3, 0.4) is 0 Å². The molecule has 0 bridgehead atoms. The molecule has 18 heavy (non-hydrogen) atoms. The minimum atomic E-state index is -0.356. The van der Waals surface area contributed by atoms with Crippen LogP contribution in [0.5, 0.6) is 0 Å². The third-order valence-electron chi connectivity index (χ3n) is 2.37.